The molecule has 7 nitrogen and oxygen atoms in total. The van der Waals surface area contributed by atoms with Crippen molar-refractivity contribution in [2.24, 2.45) is 5.92 Å². The summed E-state index contributed by atoms with van der Waals surface area (Å²) in [6, 6.07) is 11.6. The first-order chi connectivity index (χ1) is 17.4. The molecule has 0 radical (unpaired) electrons. The van der Waals surface area contributed by atoms with Crippen molar-refractivity contribution in [1.29, 1.82) is 0 Å². The second-order valence-electron chi connectivity index (χ2n) is 9.24. The van der Waals surface area contributed by atoms with Crippen molar-refractivity contribution in [1.82, 2.24) is 10.2 Å². The molecular formula is C27H26ClN3O4S. The molecule has 0 saturated carbocycles. The fourth-order valence-corrected chi connectivity index (χ4v) is 5.59. The summed E-state index contributed by atoms with van der Waals surface area (Å²) in [5.74, 6) is 0.655. The summed E-state index contributed by atoms with van der Waals surface area (Å²) in [6.07, 6.45) is 2.70. The molecule has 1 amide bonds. The minimum Gasteiger partial charge on any atom is -0.494 e. The highest BCUT2D eigenvalue weighted by Gasteiger charge is 2.45. The van der Waals surface area contributed by atoms with Gasteiger partial charge in [-0.15, -0.1) is 10.2 Å². The van der Waals surface area contributed by atoms with Gasteiger partial charge in [0.15, 0.2) is 5.43 Å². The molecule has 5 rings (SSSR count). The van der Waals surface area contributed by atoms with E-state index in [0.717, 1.165) is 29.8 Å². The number of halogens is 1. The van der Waals surface area contributed by atoms with Gasteiger partial charge in [-0.25, -0.2) is 0 Å². The van der Waals surface area contributed by atoms with Crippen LogP contribution < -0.4 is 15.1 Å². The zero-order valence-electron chi connectivity index (χ0n) is 20.3. The number of nitrogens with zero attached hydrogens (tertiary/aromatic N) is 3. The molecule has 0 bridgehead atoms. The van der Waals surface area contributed by atoms with Crippen molar-refractivity contribution in [3.63, 3.8) is 0 Å². The van der Waals surface area contributed by atoms with Gasteiger partial charge in [0.05, 0.1) is 23.6 Å². The highest BCUT2D eigenvalue weighted by molar-refractivity contribution is 7.15. The Morgan fingerprint density at radius 3 is 2.78 bits per heavy atom. The molecule has 0 fully saturated rings. The fraction of sp³-hybridized carbons (Fsp3) is 0.333. The first kappa shape index (κ1) is 24.5. The Hall–Kier alpha value is -3.23. The Morgan fingerprint density at radius 1 is 1.17 bits per heavy atom. The lowest BCUT2D eigenvalue weighted by Crippen LogP contribution is -2.29. The molecule has 1 aliphatic rings. The van der Waals surface area contributed by atoms with Crippen LogP contribution in [0, 0.1) is 5.92 Å². The Balaban J connectivity index is 1.68. The molecule has 2 aromatic heterocycles. The van der Waals surface area contributed by atoms with E-state index < -0.39 is 11.9 Å². The first-order valence-corrected chi connectivity index (χ1v) is 13.2. The number of carbonyl (C=O) groups excluding carboxylic acids is 1. The number of carbonyl (C=O) groups is 1. The average Bonchev–Trinajstić information content (AvgIpc) is 3.41. The van der Waals surface area contributed by atoms with Gasteiger partial charge < -0.3 is 9.15 Å². The third kappa shape index (κ3) is 4.51. The lowest BCUT2D eigenvalue weighted by molar-refractivity contribution is 0.0970. The predicted octanol–water partition coefficient (Wildman–Crippen LogP) is 6.43. The third-order valence-electron chi connectivity index (χ3n) is 6.02. The molecule has 186 valence electrons. The molecule has 1 atom stereocenters. The molecular weight excluding hydrogens is 498 g/mol. The quantitative estimate of drug-likeness (QED) is 0.247. The molecule has 0 spiro atoms. The fourth-order valence-electron chi connectivity index (χ4n) is 4.34. The van der Waals surface area contributed by atoms with Gasteiger partial charge >= 0.3 is 0 Å². The van der Waals surface area contributed by atoms with E-state index in [1.54, 1.807) is 18.2 Å². The summed E-state index contributed by atoms with van der Waals surface area (Å²) in [4.78, 5) is 29.0. The predicted molar refractivity (Wildman–Crippen MR) is 141 cm³/mol. The van der Waals surface area contributed by atoms with Crippen LogP contribution in [0.3, 0.4) is 0 Å². The number of hydrogen-bond acceptors (Lipinski definition) is 7. The van der Waals surface area contributed by atoms with Crippen molar-refractivity contribution in [3.8, 4) is 5.75 Å². The summed E-state index contributed by atoms with van der Waals surface area (Å²) in [7, 11) is 0. The smallest absolute Gasteiger partial charge is 0.297 e. The minimum absolute atomic E-state index is 0.0118. The maximum Gasteiger partial charge on any atom is 0.297 e. The lowest BCUT2D eigenvalue weighted by Gasteiger charge is -2.22. The zero-order chi connectivity index (χ0) is 25.4. The highest BCUT2D eigenvalue weighted by Crippen LogP contribution is 2.43. The Kier molecular flexibility index (Phi) is 6.81. The van der Waals surface area contributed by atoms with E-state index in [2.05, 4.69) is 31.0 Å². The largest absolute Gasteiger partial charge is 0.494 e. The van der Waals surface area contributed by atoms with E-state index in [4.69, 9.17) is 20.8 Å². The molecule has 36 heavy (non-hydrogen) atoms. The number of benzene rings is 2. The van der Waals surface area contributed by atoms with Gasteiger partial charge in [0.1, 0.15) is 16.3 Å². The number of unbranched alkanes of at least 4 members (excludes halogenated alkanes) is 1. The van der Waals surface area contributed by atoms with Crippen LogP contribution in [0.25, 0.3) is 11.0 Å². The van der Waals surface area contributed by atoms with Crippen molar-refractivity contribution >= 4 is 44.9 Å². The van der Waals surface area contributed by atoms with Crippen LogP contribution in [0.15, 0.2) is 51.7 Å². The molecule has 9 heteroatoms. The number of aromatic nitrogens is 2. The lowest BCUT2D eigenvalue weighted by atomic mass is 9.98. The number of rotatable bonds is 8. The van der Waals surface area contributed by atoms with Crippen molar-refractivity contribution in [2.45, 2.75) is 46.1 Å². The van der Waals surface area contributed by atoms with Crippen molar-refractivity contribution < 1.29 is 13.9 Å². The maximum atomic E-state index is 13.8. The van der Waals surface area contributed by atoms with Crippen LogP contribution in [-0.4, -0.2) is 22.7 Å². The monoisotopic (exact) mass is 523 g/mol. The second kappa shape index (κ2) is 10.0. The SMILES string of the molecule is CCCCOc1cccc(C2c3c(oc4ccc(Cl)cc4c3=O)C(=O)N2c2nnc(CC(C)C)s2)c1. The van der Waals surface area contributed by atoms with Gasteiger partial charge in [-0.2, -0.15) is 0 Å². The van der Waals surface area contributed by atoms with Crippen LogP contribution in [0.5, 0.6) is 5.75 Å². The highest BCUT2D eigenvalue weighted by atomic mass is 35.5. The van der Waals surface area contributed by atoms with E-state index in [0.29, 0.717) is 39.4 Å². The van der Waals surface area contributed by atoms with Gasteiger partial charge in [0.2, 0.25) is 10.9 Å². The van der Waals surface area contributed by atoms with Gasteiger partial charge in [-0.1, -0.05) is 62.3 Å². The topological polar surface area (TPSA) is 85.5 Å². The number of hydrogen-bond donors (Lipinski definition) is 0. The van der Waals surface area contributed by atoms with E-state index >= 15 is 0 Å². The zero-order valence-corrected chi connectivity index (χ0v) is 21.9. The van der Waals surface area contributed by atoms with Gasteiger partial charge in [-0.05, 0) is 48.2 Å². The van der Waals surface area contributed by atoms with Gasteiger partial charge in [-0.3, -0.25) is 14.5 Å². The minimum atomic E-state index is -0.735. The van der Waals surface area contributed by atoms with Gasteiger partial charge in [0, 0.05) is 11.4 Å². The van der Waals surface area contributed by atoms with Crippen molar-refractivity contribution in [2.75, 3.05) is 11.5 Å². The third-order valence-corrected chi connectivity index (χ3v) is 7.20. The Morgan fingerprint density at radius 2 is 2.00 bits per heavy atom. The molecule has 0 aliphatic carbocycles. The van der Waals surface area contributed by atoms with E-state index in [1.807, 2.05) is 24.3 Å². The number of ether oxygens (including phenoxy) is 1. The summed E-state index contributed by atoms with van der Waals surface area (Å²) >= 11 is 7.53. The molecule has 4 aromatic rings. The number of fused-ring (bicyclic) bond motifs is 2. The maximum absolute atomic E-state index is 13.8. The van der Waals surface area contributed by atoms with Crippen LogP contribution in [0.4, 0.5) is 5.13 Å². The van der Waals surface area contributed by atoms with E-state index in [1.165, 1.54) is 16.2 Å². The van der Waals surface area contributed by atoms with Crippen LogP contribution in [0.1, 0.15) is 66.3 Å². The molecule has 2 aromatic carbocycles. The molecule has 3 heterocycles. The summed E-state index contributed by atoms with van der Waals surface area (Å²) < 4.78 is 11.9. The van der Waals surface area contributed by atoms with Gasteiger partial charge in [0.25, 0.3) is 5.91 Å². The Labute approximate surface area is 217 Å². The average molecular weight is 524 g/mol. The van der Waals surface area contributed by atoms with E-state index in [-0.39, 0.29) is 16.8 Å². The second-order valence-corrected chi connectivity index (χ2v) is 10.7. The summed E-state index contributed by atoms with van der Waals surface area (Å²) in [5, 5.41) is 10.6. The molecule has 0 saturated heterocycles. The normalized spacial score (nSPS) is 15.2. The first-order valence-electron chi connectivity index (χ1n) is 12.0. The summed E-state index contributed by atoms with van der Waals surface area (Å²) in [5.41, 5.74) is 1.01. The Bertz CT molecular complexity index is 1500. The number of amides is 1. The summed E-state index contributed by atoms with van der Waals surface area (Å²) in [6.45, 7) is 6.89. The van der Waals surface area contributed by atoms with Crippen LogP contribution in [0.2, 0.25) is 5.02 Å². The van der Waals surface area contributed by atoms with Crippen LogP contribution >= 0.6 is 22.9 Å². The molecule has 1 unspecified atom stereocenters. The molecule has 0 N–H and O–H groups in total. The van der Waals surface area contributed by atoms with E-state index in [9.17, 15) is 9.59 Å². The number of anilines is 1. The standard InChI is InChI=1S/C27H26ClN3O4S/c1-4-5-11-34-18-8-6-7-16(13-18)23-22-24(32)19-14-17(28)9-10-20(19)35-25(22)26(33)31(23)27-30-29-21(36-27)12-15(2)3/h6-10,13-15,23H,4-5,11-12H2,1-3H3. The van der Waals surface area contributed by atoms with Crippen LogP contribution in [-0.2, 0) is 6.42 Å². The molecule has 1 aliphatic heterocycles. The van der Waals surface area contributed by atoms with Crippen molar-refractivity contribution in [3.05, 3.63) is 79.6 Å².